The van der Waals surface area contributed by atoms with Crippen molar-refractivity contribution in [3.63, 3.8) is 0 Å². The fourth-order valence-electron chi connectivity index (χ4n) is 5.53. The predicted molar refractivity (Wildman–Crippen MR) is 140 cm³/mol. The number of nitrogens with zero attached hydrogens (tertiary/aromatic N) is 3. The molecule has 2 unspecified atom stereocenters. The molecule has 3 rings (SSSR count). The number of aliphatic hydroxyl groups is 2. The van der Waals surface area contributed by atoms with Gasteiger partial charge in [0.05, 0.1) is 23.8 Å². The summed E-state index contributed by atoms with van der Waals surface area (Å²) in [4.78, 5) is 49.9. The van der Waals surface area contributed by atoms with Crippen LogP contribution in [0.15, 0.2) is 0 Å². The van der Waals surface area contributed by atoms with Gasteiger partial charge in [-0.05, 0) is 45.2 Å². The molecule has 0 radical (unpaired) electrons. The average Bonchev–Trinajstić information content (AvgIpc) is 3.44. The molecule has 2 amide bonds. The van der Waals surface area contributed by atoms with Crippen LogP contribution in [0.1, 0.15) is 71.6 Å². The van der Waals surface area contributed by atoms with Crippen LogP contribution >= 0.6 is 0 Å². The number of carbonyl (C=O) groups is 4. The first kappa shape index (κ1) is 32.9. The standard InChI is InChI=1S/C21H37N3O4S.C4H6O6/c1-3-5-16-29(27,28)24-18-10-15-23(20(18)17(9-4-2)21(24)26)19(25)11-14-22-12-7-6-8-13-22;5-1(3(7)8)2(6)4(9)10/h17-18,20H,3-16H2,1-2H3;1-2,5-6H,(H,7,8)(H,9,10)/t17-,18+,20-;/m1./s1. The summed E-state index contributed by atoms with van der Waals surface area (Å²) >= 11 is 0. The van der Waals surface area contributed by atoms with E-state index >= 15 is 0 Å². The Morgan fingerprint density at radius 1 is 0.949 bits per heavy atom. The highest BCUT2D eigenvalue weighted by molar-refractivity contribution is 7.89. The third-order valence-corrected chi connectivity index (χ3v) is 9.39. The van der Waals surface area contributed by atoms with Crippen molar-refractivity contribution in [1.29, 1.82) is 0 Å². The summed E-state index contributed by atoms with van der Waals surface area (Å²) in [6, 6.07) is -0.660. The second-order valence-electron chi connectivity index (χ2n) is 10.4. The summed E-state index contributed by atoms with van der Waals surface area (Å²) in [5.41, 5.74) is 0. The lowest BCUT2D eigenvalue weighted by atomic mass is 9.94. The molecule has 0 aliphatic carbocycles. The number of sulfonamides is 1. The molecule has 224 valence electrons. The van der Waals surface area contributed by atoms with Gasteiger partial charge in [-0.2, -0.15) is 0 Å². The van der Waals surface area contributed by atoms with Crippen LogP contribution in [0, 0.1) is 5.92 Å². The Kier molecular flexibility index (Phi) is 12.6. The van der Waals surface area contributed by atoms with Gasteiger partial charge in [-0.1, -0.05) is 33.1 Å². The number of fused-ring (bicyclic) bond motifs is 1. The van der Waals surface area contributed by atoms with Gasteiger partial charge in [0.15, 0.2) is 12.2 Å². The van der Waals surface area contributed by atoms with Crippen LogP contribution in [-0.4, -0.2) is 123 Å². The van der Waals surface area contributed by atoms with E-state index in [1.54, 1.807) is 0 Å². The number of unbranched alkanes of at least 4 members (excludes halogenated alkanes) is 1. The Balaban J connectivity index is 0.000000455. The summed E-state index contributed by atoms with van der Waals surface area (Å²) < 4.78 is 27.0. The number of piperidine rings is 1. The molecule has 0 aromatic carbocycles. The van der Waals surface area contributed by atoms with Gasteiger partial charge in [-0.15, -0.1) is 0 Å². The molecule has 0 spiro atoms. The van der Waals surface area contributed by atoms with Crippen molar-refractivity contribution in [2.75, 3.05) is 31.9 Å². The van der Waals surface area contributed by atoms with Gasteiger partial charge < -0.3 is 30.2 Å². The minimum absolute atomic E-state index is 0.0141. The smallest absolute Gasteiger partial charge is 0.335 e. The van der Waals surface area contributed by atoms with Crippen molar-refractivity contribution >= 4 is 33.8 Å². The molecule has 3 fully saturated rings. The minimum atomic E-state index is -3.62. The Labute approximate surface area is 229 Å². The Morgan fingerprint density at radius 2 is 1.54 bits per heavy atom. The number of amides is 2. The molecule has 3 heterocycles. The molecule has 13 nitrogen and oxygen atoms in total. The second kappa shape index (κ2) is 14.9. The van der Waals surface area contributed by atoms with E-state index in [1.165, 1.54) is 23.6 Å². The lowest BCUT2D eigenvalue weighted by molar-refractivity contribution is -0.165. The van der Waals surface area contributed by atoms with Crippen molar-refractivity contribution in [3.05, 3.63) is 0 Å². The fourth-order valence-corrected chi connectivity index (χ4v) is 7.43. The molecule has 39 heavy (non-hydrogen) atoms. The maximum atomic E-state index is 13.1. The van der Waals surface area contributed by atoms with Gasteiger partial charge in [0.25, 0.3) is 0 Å². The Hall–Kier alpha value is -2.29. The lowest BCUT2D eigenvalue weighted by Crippen LogP contribution is -2.44. The number of rotatable bonds is 12. The molecule has 0 bridgehead atoms. The van der Waals surface area contributed by atoms with Gasteiger partial charge in [0, 0.05) is 19.5 Å². The summed E-state index contributed by atoms with van der Waals surface area (Å²) in [7, 11) is -3.62. The van der Waals surface area contributed by atoms with Crippen molar-refractivity contribution in [1.82, 2.24) is 14.1 Å². The molecule has 0 saturated carbocycles. The quantitative estimate of drug-likeness (QED) is 0.246. The number of hydrogen-bond donors (Lipinski definition) is 4. The van der Waals surface area contributed by atoms with E-state index in [2.05, 4.69) is 4.90 Å². The van der Waals surface area contributed by atoms with E-state index in [0.29, 0.717) is 32.2 Å². The molecule has 3 aliphatic heterocycles. The largest absolute Gasteiger partial charge is 0.479 e. The molecule has 14 heteroatoms. The van der Waals surface area contributed by atoms with E-state index in [-0.39, 0.29) is 35.6 Å². The van der Waals surface area contributed by atoms with Crippen LogP contribution in [0.4, 0.5) is 0 Å². The zero-order valence-corrected chi connectivity index (χ0v) is 23.6. The van der Waals surface area contributed by atoms with Gasteiger partial charge in [-0.3, -0.25) is 9.59 Å². The number of hydrogen-bond acceptors (Lipinski definition) is 9. The number of likely N-dealkylation sites (tertiary alicyclic amines) is 2. The van der Waals surface area contributed by atoms with Gasteiger partial charge in [-0.25, -0.2) is 22.3 Å². The van der Waals surface area contributed by atoms with Crippen LogP contribution in [0.3, 0.4) is 0 Å². The topological polar surface area (TPSA) is 193 Å². The van der Waals surface area contributed by atoms with Crippen LogP contribution in [-0.2, 0) is 29.2 Å². The highest BCUT2D eigenvalue weighted by atomic mass is 32.2. The SMILES string of the molecule is CCCCS(=O)(=O)N1C(=O)[C@H](CCC)[C@@H]2[C@@H]1CCN2C(=O)CCN1CCCCC1.O=C(O)C(O)C(O)C(=O)O. The monoisotopic (exact) mass is 577 g/mol. The molecule has 4 N–H and O–H groups in total. The van der Waals surface area contributed by atoms with E-state index < -0.39 is 34.2 Å². The summed E-state index contributed by atoms with van der Waals surface area (Å²) in [6.07, 6.45) is 2.92. The fraction of sp³-hybridized carbons (Fsp3) is 0.840. The average molecular weight is 578 g/mol. The first-order chi connectivity index (χ1) is 18.4. The first-order valence-electron chi connectivity index (χ1n) is 13.8. The first-order valence-corrected chi connectivity index (χ1v) is 15.4. The second-order valence-corrected chi connectivity index (χ2v) is 12.3. The van der Waals surface area contributed by atoms with Crippen LogP contribution in [0.25, 0.3) is 0 Å². The van der Waals surface area contributed by atoms with Crippen LogP contribution in [0.2, 0.25) is 0 Å². The number of carboxylic acid groups (broad SMARTS) is 2. The summed E-state index contributed by atoms with van der Waals surface area (Å²) in [6.45, 7) is 7.38. The molecule has 5 atom stereocenters. The van der Waals surface area contributed by atoms with Crippen molar-refractivity contribution in [2.24, 2.45) is 5.92 Å². The third-order valence-electron chi connectivity index (χ3n) is 7.54. The number of aliphatic carboxylic acids is 2. The number of carboxylic acids is 2. The molecule has 3 saturated heterocycles. The van der Waals surface area contributed by atoms with Crippen LogP contribution < -0.4 is 0 Å². The van der Waals surface area contributed by atoms with Crippen molar-refractivity contribution in [2.45, 2.75) is 95.9 Å². The normalized spacial score (nSPS) is 25.0. The Morgan fingerprint density at radius 3 is 2.05 bits per heavy atom. The molecule has 0 aromatic heterocycles. The molecule has 0 aromatic rings. The minimum Gasteiger partial charge on any atom is -0.479 e. The zero-order valence-electron chi connectivity index (χ0n) is 22.8. The van der Waals surface area contributed by atoms with Gasteiger partial charge >= 0.3 is 11.9 Å². The number of carbonyl (C=O) groups excluding carboxylic acids is 2. The van der Waals surface area contributed by atoms with Gasteiger partial charge in [0.1, 0.15) is 0 Å². The highest BCUT2D eigenvalue weighted by Gasteiger charge is 2.57. The maximum absolute atomic E-state index is 13.1. The van der Waals surface area contributed by atoms with E-state index in [4.69, 9.17) is 20.4 Å². The van der Waals surface area contributed by atoms with Gasteiger partial charge in [0.2, 0.25) is 21.8 Å². The molecular weight excluding hydrogens is 534 g/mol. The highest BCUT2D eigenvalue weighted by Crippen LogP contribution is 2.40. The predicted octanol–water partition coefficient (Wildman–Crippen LogP) is 0.0977. The van der Waals surface area contributed by atoms with E-state index in [9.17, 15) is 27.6 Å². The Bertz CT molecular complexity index is 951. The van der Waals surface area contributed by atoms with E-state index in [0.717, 1.165) is 32.5 Å². The zero-order chi connectivity index (χ0) is 29.3. The van der Waals surface area contributed by atoms with Crippen molar-refractivity contribution in [3.8, 4) is 0 Å². The van der Waals surface area contributed by atoms with Crippen molar-refractivity contribution < 1.29 is 48.0 Å². The summed E-state index contributed by atoms with van der Waals surface area (Å²) in [5, 5.41) is 32.5. The van der Waals surface area contributed by atoms with Crippen LogP contribution in [0.5, 0.6) is 0 Å². The number of aliphatic hydroxyl groups excluding tert-OH is 2. The maximum Gasteiger partial charge on any atom is 0.335 e. The molecule has 3 aliphatic rings. The summed E-state index contributed by atoms with van der Waals surface area (Å²) in [5.74, 6) is -4.12. The van der Waals surface area contributed by atoms with E-state index in [1.807, 2.05) is 18.7 Å². The lowest BCUT2D eigenvalue weighted by Gasteiger charge is -2.30. The third kappa shape index (κ3) is 8.35. The molecular formula is C25H43N3O10S.